The Balaban J connectivity index is 1.74. The summed E-state index contributed by atoms with van der Waals surface area (Å²) < 4.78 is 38.1. The Bertz CT molecular complexity index is 1090. The molecule has 0 unspecified atom stereocenters. The van der Waals surface area contributed by atoms with Gasteiger partial charge in [-0.05, 0) is 75.1 Å². The molecule has 1 saturated heterocycles. The second-order valence-electron chi connectivity index (χ2n) is 7.89. The fourth-order valence-electron chi connectivity index (χ4n) is 3.64. The average molecular weight is 475 g/mol. The number of anilines is 1. The van der Waals surface area contributed by atoms with Crippen molar-refractivity contribution in [3.05, 3.63) is 53.6 Å². The molecule has 1 aliphatic rings. The molecule has 2 aromatic carbocycles. The summed E-state index contributed by atoms with van der Waals surface area (Å²) >= 11 is 0. The summed E-state index contributed by atoms with van der Waals surface area (Å²) in [5, 5.41) is 0. The molecule has 9 heteroatoms. The Morgan fingerprint density at radius 1 is 1.03 bits per heavy atom. The third-order valence-electron chi connectivity index (χ3n) is 5.63. The Morgan fingerprint density at radius 2 is 1.70 bits per heavy atom. The lowest BCUT2D eigenvalue weighted by Gasteiger charge is -2.26. The molecule has 0 atom stereocenters. The van der Waals surface area contributed by atoms with Crippen molar-refractivity contribution in [1.29, 1.82) is 0 Å². The van der Waals surface area contributed by atoms with Gasteiger partial charge in [0, 0.05) is 20.1 Å². The number of carbonyl (C=O) groups is 2. The summed E-state index contributed by atoms with van der Waals surface area (Å²) in [6.45, 7) is 5.05. The maximum Gasteiger partial charge on any atom is 0.338 e. The molecule has 1 aliphatic heterocycles. The van der Waals surface area contributed by atoms with Crippen LogP contribution < -0.4 is 9.04 Å². The SMILES string of the molecule is CCOc1ccc(N(C)S(=O)(=O)c2ccc(C)c(C(=O)OCC(=O)N3CCCCC3)c2)cc1. The number of amides is 1. The van der Waals surface area contributed by atoms with E-state index < -0.39 is 16.0 Å². The van der Waals surface area contributed by atoms with Gasteiger partial charge in [0.2, 0.25) is 0 Å². The van der Waals surface area contributed by atoms with Gasteiger partial charge < -0.3 is 14.4 Å². The number of likely N-dealkylation sites (tertiary alicyclic amines) is 1. The predicted molar refractivity (Wildman–Crippen MR) is 125 cm³/mol. The van der Waals surface area contributed by atoms with Crippen molar-refractivity contribution in [2.45, 2.75) is 38.0 Å². The number of sulfonamides is 1. The number of carbonyl (C=O) groups excluding carboxylic acids is 2. The third-order valence-corrected chi connectivity index (χ3v) is 7.42. The molecule has 0 radical (unpaired) electrons. The van der Waals surface area contributed by atoms with Gasteiger partial charge in [-0.1, -0.05) is 6.07 Å². The van der Waals surface area contributed by atoms with Gasteiger partial charge in [-0.15, -0.1) is 0 Å². The Labute approximate surface area is 195 Å². The molecular formula is C24H30N2O6S. The molecule has 1 heterocycles. The van der Waals surface area contributed by atoms with E-state index in [1.165, 1.54) is 19.2 Å². The minimum Gasteiger partial charge on any atom is -0.494 e. The summed E-state index contributed by atoms with van der Waals surface area (Å²) in [6, 6.07) is 11.0. The van der Waals surface area contributed by atoms with Crippen LogP contribution in [0, 0.1) is 6.92 Å². The fraction of sp³-hybridized carbons (Fsp3) is 0.417. The topological polar surface area (TPSA) is 93.2 Å². The maximum atomic E-state index is 13.2. The van der Waals surface area contributed by atoms with Crippen LogP contribution in [-0.4, -0.2) is 58.5 Å². The van der Waals surface area contributed by atoms with E-state index in [1.807, 2.05) is 6.92 Å². The molecule has 178 valence electrons. The van der Waals surface area contributed by atoms with Crippen molar-refractivity contribution in [3.8, 4) is 5.75 Å². The number of hydrogen-bond donors (Lipinski definition) is 0. The summed E-state index contributed by atoms with van der Waals surface area (Å²) in [5.41, 5.74) is 1.13. The first-order valence-corrected chi connectivity index (χ1v) is 12.5. The van der Waals surface area contributed by atoms with E-state index in [-0.39, 0.29) is 23.0 Å². The quantitative estimate of drug-likeness (QED) is 0.545. The number of rotatable bonds is 8. The summed E-state index contributed by atoms with van der Waals surface area (Å²) in [4.78, 5) is 26.6. The summed E-state index contributed by atoms with van der Waals surface area (Å²) in [6.07, 6.45) is 2.98. The van der Waals surface area contributed by atoms with Crippen LogP contribution in [-0.2, 0) is 19.6 Å². The largest absolute Gasteiger partial charge is 0.494 e. The summed E-state index contributed by atoms with van der Waals surface area (Å²) in [5.74, 6) is -0.315. The van der Waals surface area contributed by atoms with Crippen LogP contribution >= 0.6 is 0 Å². The van der Waals surface area contributed by atoms with Gasteiger partial charge in [0.25, 0.3) is 15.9 Å². The number of ether oxygens (including phenoxy) is 2. The van der Waals surface area contributed by atoms with E-state index in [1.54, 1.807) is 42.2 Å². The highest BCUT2D eigenvalue weighted by Gasteiger charge is 2.25. The molecule has 8 nitrogen and oxygen atoms in total. The lowest BCUT2D eigenvalue weighted by atomic mass is 10.1. The number of benzene rings is 2. The first kappa shape index (κ1) is 24.6. The number of esters is 1. The molecule has 0 bridgehead atoms. The molecule has 3 rings (SSSR count). The zero-order valence-corrected chi connectivity index (χ0v) is 20.1. The van der Waals surface area contributed by atoms with Crippen molar-refractivity contribution in [2.24, 2.45) is 0 Å². The minimum absolute atomic E-state index is 0.0428. The monoisotopic (exact) mass is 474 g/mol. The van der Waals surface area contributed by atoms with Crippen LogP contribution in [0.25, 0.3) is 0 Å². The van der Waals surface area contributed by atoms with Gasteiger partial charge in [0.05, 0.1) is 22.8 Å². The Morgan fingerprint density at radius 3 is 2.33 bits per heavy atom. The third kappa shape index (κ3) is 5.84. The molecule has 33 heavy (non-hydrogen) atoms. The molecule has 0 aliphatic carbocycles. The Kier molecular flexibility index (Phi) is 7.97. The van der Waals surface area contributed by atoms with Crippen LogP contribution in [0.4, 0.5) is 5.69 Å². The number of piperidine rings is 1. The maximum absolute atomic E-state index is 13.2. The van der Waals surface area contributed by atoms with Gasteiger partial charge in [-0.3, -0.25) is 9.10 Å². The van der Waals surface area contributed by atoms with Crippen LogP contribution in [0.1, 0.15) is 42.1 Å². The van der Waals surface area contributed by atoms with Crippen molar-refractivity contribution < 1.29 is 27.5 Å². The first-order chi connectivity index (χ1) is 15.7. The lowest BCUT2D eigenvalue weighted by Crippen LogP contribution is -2.38. The number of nitrogens with zero attached hydrogens (tertiary/aromatic N) is 2. The van der Waals surface area contributed by atoms with E-state index in [4.69, 9.17) is 9.47 Å². The van der Waals surface area contributed by atoms with E-state index in [2.05, 4.69) is 0 Å². The molecule has 1 fully saturated rings. The second-order valence-corrected chi connectivity index (χ2v) is 9.86. The van der Waals surface area contributed by atoms with Gasteiger partial charge in [-0.25, -0.2) is 13.2 Å². The van der Waals surface area contributed by atoms with Crippen LogP contribution in [0.2, 0.25) is 0 Å². The van der Waals surface area contributed by atoms with Gasteiger partial charge in [0.1, 0.15) is 5.75 Å². The van der Waals surface area contributed by atoms with E-state index in [9.17, 15) is 18.0 Å². The molecule has 0 spiro atoms. The molecular weight excluding hydrogens is 444 g/mol. The average Bonchev–Trinajstić information content (AvgIpc) is 2.83. The van der Waals surface area contributed by atoms with Crippen molar-refractivity contribution in [1.82, 2.24) is 4.90 Å². The standard InChI is InChI=1S/C24H30N2O6S/c1-4-31-20-11-9-19(10-12-20)25(3)33(29,30)21-13-8-18(2)22(16-21)24(28)32-17-23(27)26-14-6-5-7-15-26/h8-13,16H,4-7,14-15,17H2,1-3H3. The predicted octanol–water partition coefficient (Wildman–Crippen LogP) is 3.39. The normalized spacial score (nSPS) is 14.0. The molecule has 0 N–H and O–H groups in total. The Hall–Kier alpha value is -3.07. The van der Waals surface area contributed by atoms with E-state index in [0.29, 0.717) is 36.7 Å². The highest BCUT2D eigenvalue weighted by Crippen LogP contribution is 2.26. The van der Waals surface area contributed by atoms with Crippen molar-refractivity contribution in [2.75, 3.05) is 37.7 Å². The fourth-order valence-corrected chi connectivity index (χ4v) is 4.86. The van der Waals surface area contributed by atoms with Crippen molar-refractivity contribution in [3.63, 3.8) is 0 Å². The summed E-state index contributed by atoms with van der Waals surface area (Å²) in [7, 11) is -2.48. The van der Waals surface area contributed by atoms with E-state index >= 15 is 0 Å². The zero-order chi connectivity index (χ0) is 24.0. The lowest BCUT2D eigenvalue weighted by molar-refractivity contribution is -0.135. The highest BCUT2D eigenvalue weighted by atomic mass is 32.2. The van der Waals surface area contributed by atoms with Gasteiger partial charge in [-0.2, -0.15) is 0 Å². The molecule has 0 saturated carbocycles. The highest BCUT2D eigenvalue weighted by molar-refractivity contribution is 7.92. The molecule has 2 aromatic rings. The molecule has 1 amide bonds. The van der Waals surface area contributed by atoms with Crippen molar-refractivity contribution >= 4 is 27.6 Å². The van der Waals surface area contributed by atoms with Crippen LogP contribution in [0.3, 0.4) is 0 Å². The zero-order valence-electron chi connectivity index (χ0n) is 19.2. The smallest absolute Gasteiger partial charge is 0.338 e. The molecule has 0 aromatic heterocycles. The first-order valence-electron chi connectivity index (χ1n) is 11.0. The van der Waals surface area contributed by atoms with E-state index in [0.717, 1.165) is 23.6 Å². The number of hydrogen-bond acceptors (Lipinski definition) is 6. The van der Waals surface area contributed by atoms with Crippen LogP contribution in [0.15, 0.2) is 47.4 Å². The second kappa shape index (κ2) is 10.7. The van der Waals surface area contributed by atoms with Gasteiger partial charge >= 0.3 is 5.97 Å². The minimum atomic E-state index is -3.93. The van der Waals surface area contributed by atoms with Crippen LogP contribution in [0.5, 0.6) is 5.75 Å². The number of aryl methyl sites for hydroxylation is 1. The van der Waals surface area contributed by atoms with Gasteiger partial charge in [0.15, 0.2) is 6.61 Å².